The summed E-state index contributed by atoms with van der Waals surface area (Å²) >= 11 is 5.94. The predicted octanol–water partition coefficient (Wildman–Crippen LogP) is 4.33. The van der Waals surface area contributed by atoms with Crippen molar-refractivity contribution in [3.8, 4) is 0 Å². The molecular formula is C16H21ClO. The molecule has 0 radical (unpaired) electrons. The molecule has 0 amide bonds. The highest BCUT2D eigenvalue weighted by Crippen LogP contribution is 2.55. The van der Waals surface area contributed by atoms with Gasteiger partial charge in [-0.1, -0.05) is 37.6 Å². The summed E-state index contributed by atoms with van der Waals surface area (Å²) in [4.78, 5) is 0. The monoisotopic (exact) mass is 264 g/mol. The molecular weight excluding hydrogens is 244 g/mol. The highest BCUT2D eigenvalue weighted by atomic mass is 35.5. The molecule has 0 bridgehead atoms. The van der Waals surface area contributed by atoms with Gasteiger partial charge < -0.3 is 4.74 Å². The Morgan fingerprint density at radius 1 is 1.28 bits per heavy atom. The minimum Gasteiger partial charge on any atom is -0.369 e. The second-order valence-corrected chi connectivity index (χ2v) is 6.64. The Hall–Kier alpha value is -0.530. The third kappa shape index (κ3) is 2.08. The second kappa shape index (κ2) is 4.54. The van der Waals surface area contributed by atoms with Gasteiger partial charge in [-0.3, -0.25) is 0 Å². The fourth-order valence-electron chi connectivity index (χ4n) is 3.78. The van der Waals surface area contributed by atoms with Gasteiger partial charge in [0, 0.05) is 5.02 Å². The molecule has 1 aliphatic carbocycles. The highest BCUT2D eigenvalue weighted by Gasteiger charge is 2.60. The summed E-state index contributed by atoms with van der Waals surface area (Å²) in [5.41, 5.74) is 1.61. The molecule has 0 aromatic heterocycles. The zero-order chi connectivity index (χ0) is 12.8. The maximum absolute atomic E-state index is 5.94. The predicted molar refractivity (Wildman–Crippen MR) is 74.9 cm³/mol. The van der Waals surface area contributed by atoms with E-state index in [-0.39, 0.29) is 5.60 Å². The number of hydrogen-bond acceptors (Lipinski definition) is 1. The molecule has 18 heavy (non-hydrogen) atoms. The number of epoxide rings is 1. The molecule has 3 rings (SSSR count). The van der Waals surface area contributed by atoms with Crippen LogP contribution in [0.3, 0.4) is 0 Å². The average Bonchev–Trinajstić information content (AvgIpc) is 3.02. The Morgan fingerprint density at radius 2 is 1.94 bits per heavy atom. The molecule has 1 spiro atoms. The van der Waals surface area contributed by atoms with Crippen LogP contribution < -0.4 is 0 Å². The Kier molecular flexibility index (Phi) is 3.15. The lowest BCUT2D eigenvalue weighted by Crippen LogP contribution is -2.30. The van der Waals surface area contributed by atoms with E-state index in [1.807, 2.05) is 12.1 Å². The van der Waals surface area contributed by atoms with Crippen molar-refractivity contribution >= 4 is 11.6 Å². The maximum Gasteiger partial charge on any atom is 0.0978 e. The largest absolute Gasteiger partial charge is 0.369 e. The standard InChI is InChI=1S/C16H21ClO/c1-11(2)15-8-5-13(16(15)10-18-16)9-12-3-6-14(17)7-4-12/h3-4,6-7,11,13,15H,5,8-10H2,1-2H3. The Balaban J connectivity index is 1.73. The molecule has 1 aromatic carbocycles. The van der Waals surface area contributed by atoms with E-state index in [2.05, 4.69) is 26.0 Å². The third-order valence-corrected chi connectivity index (χ3v) is 5.07. The van der Waals surface area contributed by atoms with Crippen LogP contribution in [0.1, 0.15) is 32.3 Å². The van der Waals surface area contributed by atoms with E-state index in [9.17, 15) is 0 Å². The molecule has 0 N–H and O–H groups in total. The van der Waals surface area contributed by atoms with Crippen molar-refractivity contribution in [3.63, 3.8) is 0 Å². The average molecular weight is 265 g/mol. The summed E-state index contributed by atoms with van der Waals surface area (Å²) < 4.78 is 5.91. The van der Waals surface area contributed by atoms with Crippen LogP contribution in [-0.2, 0) is 11.2 Å². The summed E-state index contributed by atoms with van der Waals surface area (Å²) in [6.45, 7) is 5.64. The van der Waals surface area contributed by atoms with Crippen LogP contribution >= 0.6 is 11.6 Å². The molecule has 1 aliphatic heterocycles. The molecule has 3 unspecified atom stereocenters. The van der Waals surface area contributed by atoms with Gasteiger partial charge in [0.15, 0.2) is 0 Å². The van der Waals surface area contributed by atoms with Crippen molar-refractivity contribution < 1.29 is 4.74 Å². The Bertz CT molecular complexity index is 419. The van der Waals surface area contributed by atoms with E-state index in [1.165, 1.54) is 18.4 Å². The smallest absolute Gasteiger partial charge is 0.0978 e. The van der Waals surface area contributed by atoms with Gasteiger partial charge in [0.1, 0.15) is 0 Å². The first-order valence-electron chi connectivity index (χ1n) is 7.00. The lowest BCUT2D eigenvalue weighted by molar-refractivity contribution is 0.164. The first-order chi connectivity index (χ1) is 8.62. The summed E-state index contributed by atoms with van der Waals surface area (Å²) in [5.74, 6) is 2.20. The molecule has 2 heteroatoms. The molecule has 1 aromatic rings. The first kappa shape index (κ1) is 12.5. The first-order valence-corrected chi connectivity index (χ1v) is 7.38. The van der Waals surface area contributed by atoms with Gasteiger partial charge in [-0.05, 0) is 54.7 Å². The molecule has 2 aliphatic rings. The topological polar surface area (TPSA) is 12.5 Å². The summed E-state index contributed by atoms with van der Waals surface area (Å²) in [6, 6.07) is 8.29. The van der Waals surface area contributed by atoms with E-state index in [0.717, 1.165) is 29.9 Å². The quantitative estimate of drug-likeness (QED) is 0.740. The van der Waals surface area contributed by atoms with E-state index in [4.69, 9.17) is 16.3 Å². The van der Waals surface area contributed by atoms with E-state index >= 15 is 0 Å². The fraction of sp³-hybridized carbons (Fsp3) is 0.625. The van der Waals surface area contributed by atoms with Gasteiger partial charge in [0.05, 0.1) is 12.2 Å². The van der Waals surface area contributed by atoms with Gasteiger partial charge in [0.2, 0.25) is 0 Å². The molecule has 1 heterocycles. The minimum absolute atomic E-state index is 0.216. The zero-order valence-electron chi connectivity index (χ0n) is 11.2. The van der Waals surface area contributed by atoms with E-state index < -0.39 is 0 Å². The van der Waals surface area contributed by atoms with Gasteiger partial charge in [-0.15, -0.1) is 0 Å². The molecule has 1 saturated heterocycles. The van der Waals surface area contributed by atoms with Crippen molar-refractivity contribution in [3.05, 3.63) is 34.9 Å². The number of benzene rings is 1. The zero-order valence-corrected chi connectivity index (χ0v) is 11.9. The lowest BCUT2D eigenvalue weighted by atomic mass is 9.81. The van der Waals surface area contributed by atoms with Crippen LogP contribution in [0.4, 0.5) is 0 Å². The highest BCUT2D eigenvalue weighted by molar-refractivity contribution is 6.30. The molecule has 3 atom stereocenters. The van der Waals surface area contributed by atoms with Crippen molar-refractivity contribution in [1.29, 1.82) is 0 Å². The Morgan fingerprint density at radius 3 is 2.50 bits per heavy atom. The second-order valence-electron chi connectivity index (χ2n) is 6.20. The van der Waals surface area contributed by atoms with Gasteiger partial charge in [-0.25, -0.2) is 0 Å². The number of rotatable bonds is 3. The molecule has 98 valence electrons. The summed E-state index contributed by atoms with van der Waals surface area (Å²) in [7, 11) is 0. The van der Waals surface area contributed by atoms with Crippen molar-refractivity contribution in [2.24, 2.45) is 17.8 Å². The lowest BCUT2D eigenvalue weighted by Gasteiger charge is -2.24. The van der Waals surface area contributed by atoms with Crippen LogP contribution in [0.2, 0.25) is 5.02 Å². The van der Waals surface area contributed by atoms with Gasteiger partial charge >= 0.3 is 0 Å². The van der Waals surface area contributed by atoms with E-state index in [0.29, 0.717) is 5.92 Å². The number of ether oxygens (including phenoxy) is 1. The molecule has 1 nitrogen and oxygen atoms in total. The van der Waals surface area contributed by atoms with Crippen molar-refractivity contribution in [2.45, 2.75) is 38.7 Å². The SMILES string of the molecule is CC(C)C1CCC(Cc2ccc(Cl)cc2)C12CO2. The molecule has 2 fully saturated rings. The molecule has 1 saturated carbocycles. The van der Waals surface area contributed by atoms with Gasteiger partial charge in [-0.2, -0.15) is 0 Å². The van der Waals surface area contributed by atoms with Crippen LogP contribution in [0.5, 0.6) is 0 Å². The number of halogens is 1. The van der Waals surface area contributed by atoms with Crippen LogP contribution in [0.25, 0.3) is 0 Å². The van der Waals surface area contributed by atoms with Crippen LogP contribution in [-0.4, -0.2) is 12.2 Å². The fourth-order valence-corrected chi connectivity index (χ4v) is 3.91. The van der Waals surface area contributed by atoms with E-state index in [1.54, 1.807) is 0 Å². The van der Waals surface area contributed by atoms with Crippen LogP contribution in [0, 0.1) is 17.8 Å². The number of hydrogen-bond donors (Lipinski definition) is 0. The Labute approximate surface area is 114 Å². The van der Waals surface area contributed by atoms with Crippen molar-refractivity contribution in [1.82, 2.24) is 0 Å². The summed E-state index contributed by atoms with van der Waals surface area (Å²) in [6.07, 6.45) is 3.78. The third-order valence-electron chi connectivity index (χ3n) is 4.82. The van der Waals surface area contributed by atoms with Gasteiger partial charge in [0.25, 0.3) is 0 Å². The maximum atomic E-state index is 5.94. The van der Waals surface area contributed by atoms with Crippen LogP contribution in [0.15, 0.2) is 24.3 Å². The minimum atomic E-state index is 0.216. The summed E-state index contributed by atoms with van der Waals surface area (Å²) in [5, 5.41) is 0.822. The normalized spacial score (nSPS) is 34.4. The van der Waals surface area contributed by atoms with Crippen molar-refractivity contribution in [2.75, 3.05) is 6.61 Å².